The van der Waals surface area contributed by atoms with Crippen LogP contribution in [0.25, 0.3) is 33.6 Å². The van der Waals surface area contributed by atoms with Gasteiger partial charge in [-0.3, -0.25) is 0 Å². The quantitative estimate of drug-likeness (QED) is 0.426. The van der Waals surface area contributed by atoms with E-state index in [1.807, 2.05) is 30.3 Å². The largest absolute Gasteiger partial charge is 0.497 e. The second-order valence-corrected chi connectivity index (χ2v) is 7.78. The average Bonchev–Trinajstić information content (AvgIpc) is 3.21. The number of benzene rings is 2. The van der Waals surface area contributed by atoms with E-state index >= 15 is 0 Å². The number of nitrogens with zero attached hydrogens (tertiary/aromatic N) is 2. The van der Waals surface area contributed by atoms with Gasteiger partial charge in [0.25, 0.3) is 0 Å². The van der Waals surface area contributed by atoms with E-state index in [1.54, 1.807) is 13.4 Å². The van der Waals surface area contributed by atoms with Crippen LogP contribution in [0.15, 0.2) is 65.3 Å². The van der Waals surface area contributed by atoms with Gasteiger partial charge in [-0.25, -0.2) is 9.97 Å². The molecule has 2 heterocycles. The molecule has 1 saturated carbocycles. The fourth-order valence-electron chi connectivity index (χ4n) is 4.31. The molecule has 4 aromatic rings. The lowest BCUT2D eigenvalue weighted by Crippen LogP contribution is -2.23. The maximum absolute atomic E-state index is 6.30. The predicted molar refractivity (Wildman–Crippen MR) is 120 cm³/mol. The highest BCUT2D eigenvalue weighted by Crippen LogP contribution is 2.43. The third-order valence-electron chi connectivity index (χ3n) is 5.85. The van der Waals surface area contributed by atoms with Crippen LogP contribution in [0.5, 0.6) is 5.75 Å². The molecule has 152 valence electrons. The second kappa shape index (κ2) is 8.19. The third-order valence-corrected chi connectivity index (χ3v) is 5.85. The van der Waals surface area contributed by atoms with E-state index in [0.29, 0.717) is 11.8 Å². The topological polar surface area (TPSA) is 60.2 Å². The molecule has 2 aromatic carbocycles. The van der Waals surface area contributed by atoms with Gasteiger partial charge < -0.3 is 14.5 Å². The highest BCUT2D eigenvalue weighted by atomic mass is 16.5. The first-order valence-corrected chi connectivity index (χ1v) is 10.6. The lowest BCUT2D eigenvalue weighted by atomic mass is 9.95. The summed E-state index contributed by atoms with van der Waals surface area (Å²) in [4.78, 5) is 9.08. The number of hydrogen-bond donors (Lipinski definition) is 1. The number of hydrogen-bond acceptors (Lipinski definition) is 5. The van der Waals surface area contributed by atoms with E-state index < -0.39 is 0 Å². The van der Waals surface area contributed by atoms with Crippen molar-refractivity contribution in [1.82, 2.24) is 9.97 Å². The molecule has 1 fully saturated rings. The maximum atomic E-state index is 6.30. The maximum Gasteiger partial charge on any atom is 0.232 e. The van der Waals surface area contributed by atoms with E-state index in [1.165, 1.54) is 32.1 Å². The number of methoxy groups -OCH3 is 1. The van der Waals surface area contributed by atoms with Crippen LogP contribution in [-0.2, 0) is 0 Å². The second-order valence-electron chi connectivity index (χ2n) is 7.78. The van der Waals surface area contributed by atoms with Crippen LogP contribution >= 0.6 is 0 Å². The number of rotatable bonds is 5. The molecule has 0 saturated heterocycles. The van der Waals surface area contributed by atoms with Crippen molar-refractivity contribution in [2.45, 2.75) is 38.1 Å². The summed E-state index contributed by atoms with van der Waals surface area (Å²) in [7, 11) is 1.68. The van der Waals surface area contributed by atoms with Crippen LogP contribution in [0.2, 0.25) is 0 Å². The fraction of sp³-hybridized carbons (Fsp3) is 0.280. The summed E-state index contributed by atoms with van der Waals surface area (Å²) in [5.41, 5.74) is 3.69. The molecule has 0 aliphatic heterocycles. The van der Waals surface area contributed by atoms with Gasteiger partial charge in [0.15, 0.2) is 0 Å². The summed E-state index contributed by atoms with van der Waals surface area (Å²) in [6.45, 7) is 0. The lowest BCUT2D eigenvalue weighted by Gasteiger charge is -2.23. The number of aromatic nitrogens is 2. The van der Waals surface area contributed by atoms with Gasteiger partial charge in [-0.2, -0.15) is 0 Å². The van der Waals surface area contributed by atoms with Crippen molar-refractivity contribution in [3.63, 3.8) is 0 Å². The Labute approximate surface area is 176 Å². The highest BCUT2D eigenvalue weighted by Gasteiger charge is 2.23. The number of ether oxygens (including phenoxy) is 1. The Hall–Kier alpha value is -3.34. The molecule has 0 amide bonds. The molecule has 2 aromatic heterocycles. The highest BCUT2D eigenvalue weighted by molar-refractivity contribution is 6.05. The van der Waals surface area contributed by atoms with Crippen LogP contribution in [0, 0.1) is 0 Å². The van der Waals surface area contributed by atoms with Gasteiger partial charge in [0.2, 0.25) is 5.71 Å². The molecule has 0 spiro atoms. The Bertz CT molecular complexity index is 1130. The summed E-state index contributed by atoms with van der Waals surface area (Å²) in [6, 6.07) is 18.7. The third kappa shape index (κ3) is 3.52. The Morgan fingerprint density at radius 1 is 0.900 bits per heavy atom. The fourth-order valence-corrected chi connectivity index (χ4v) is 4.31. The molecule has 1 aliphatic carbocycles. The van der Waals surface area contributed by atoms with Gasteiger partial charge in [0, 0.05) is 17.2 Å². The van der Waals surface area contributed by atoms with Gasteiger partial charge in [-0.05, 0) is 30.5 Å². The molecule has 0 bridgehead atoms. The van der Waals surface area contributed by atoms with Gasteiger partial charge in [-0.15, -0.1) is 0 Å². The van der Waals surface area contributed by atoms with Gasteiger partial charge in [-0.1, -0.05) is 61.7 Å². The Morgan fingerprint density at radius 2 is 1.67 bits per heavy atom. The van der Waals surface area contributed by atoms with Crippen molar-refractivity contribution in [3.05, 3.63) is 60.9 Å². The zero-order chi connectivity index (χ0) is 20.3. The summed E-state index contributed by atoms with van der Waals surface area (Å²) < 4.78 is 11.7. The van der Waals surface area contributed by atoms with Crippen molar-refractivity contribution in [2.24, 2.45) is 0 Å². The van der Waals surface area contributed by atoms with E-state index in [4.69, 9.17) is 9.15 Å². The van der Waals surface area contributed by atoms with E-state index in [2.05, 4.69) is 39.6 Å². The van der Waals surface area contributed by atoms with Crippen molar-refractivity contribution >= 4 is 16.9 Å². The summed E-state index contributed by atoms with van der Waals surface area (Å²) >= 11 is 0. The Morgan fingerprint density at radius 3 is 2.40 bits per heavy atom. The molecule has 0 radical (unpaired) electrons. The van der Waals surface area contributed by atoms with Crippen molar-refractivity contribution in [3.8, 4) is 28.2 Å². The predicted octanol–water partition coefficient (Wildman–Crippen LogP) is 6.31. The standard InChI is InChI=1S/C25H25N3O2/c1-29-20-14-12-17(13-15-20)21-22-24(28-19-10-6-3-7-11-19)26-16-27-25(22)30-23(21)18-8-4-2-5-9-18/h2,4-5,8-9,12-16,19H,3,6-7,10-11H2,1H3,(H,26,27,28). The number of fused-ring (bicyclic) bond motifs is 1. The van der Waals surface area contributed by atoms with Gasteiger partial charge in [0.05, 0.1) is 12.5 Å². The van der Waals surface area contributed by atoms with Gasteiger partial charge in [0.1, 0.15) is 23.7 Å². The van der Waals surface area contributed by atoms with Crippen LogP contribution in [0.3, 0.4) is 0 Å². The molecule has 5 rings (SSSR count). The van der Waals surface area contributed by atoms with Crippen LogP contribution in [0.1, 0.15) is 32.1 Å². The van der Waals surface area contributed by atoms with E-state index in [9.17, 15) is 0 Å². The minimum absolute atomic E-state index is 0.440. The molecular formula is C25H25N3O2. The first-order valence-electron chi connectivity index (χ1n) is 10.6. The smallest absolute Gasteiger partial charge is 0.232 e. The van der Waals surface area contributed by atoms with E-state index in [0.717, 1.165) is 39.4 Å². The number of anilines is 1. The molecule has 1 aliphatic rings. The zero-order valence-corrected chi connectivity index (χ0v) is 17.1. The molecule has 0 unspecified atom stereocenters. The van der Waals surface area contributed by atoms with Crippen molar-refractivity contribution in [1.29, 1.82) is 0 Å². The number of nitrogens with one attached hydrogen (secondary N) is 1. The van der Waals surface area contributed by atoms with Crippen molar-refractivity contribution in [2.75, 3.05) is 12.4 Å². The summed E-state index contributed by atoms with van der Waals surface area (Å²) in [6.07, 6.45) is 7.77. The van der Waals surface area contributed by atoms with Gasteiger partial charge >= 0.3 is 0 Å². The van der Waals surface area contributed by atoms with Crippen LogP contribution < -0.4 is 10.1 Å². The van der Waals surface area contributed by atoms with Crippen LogP contribution in [0.4, 0.5) is 5.82 Å². The van der Waals surface area contributed by atoms with E-state index in [-0.39, 0.29) is 0 Å². The lowest BCUT2D eigenvalue weighted by molar-refractivity contribution is 0.415. The monoisotopic (exact) mass is 399 g/mol. The first-order chi connectivity index (χ1) is 14.8. The molecule has 5 heteroatoms. The minimum atomic E-state index is 0.440. The zero-order valence-electron chi connectivity index (χ0n) is 17.1. The minimum Gasteiger partial charge on any atom is -0.497 e. The summed E-state index contributed by atoms with van der Waals surface area (Å²) in [5.74, 6) is 2.48. The summed E-state index contributed by atoms with van der Waals surface area (Å²) in [5, 5.41) is 4.62. The molecule has 30 heavy (non-hydrogen) atoms. The Balaban J connectivity index is 1.70. The SMILES string of the molecule is COc1ccc(-c2c(-c3ccccc3)oc3ncnc(NC4CCCCC4)c23)cc1. The number of furan rings is 1. The molecular weight excluding hydrogens is 374 g/mol. The molecule has 5 nitrogen and oxygen atoms in total. The van der Waals surface area contributed by atoms with Crippen molar-refractivity contribution < 1.29 is 9.15 Å². The normalized spacial score (nSPS) is 14.7. The van der Waals surface area contributed by atoms with Crippen LogP contribution in [-0.4, -0.2) is 23.1 Å². The molecule has 1 N–H and O–H groups in total. The molecule has 0 atom stereocenters. The first kappa shape index (κ1) is 18.7. The Kier molecular flexibility index (Phi) is 5.10. The average molecular weight is 399 g/mol.